The lowest BCUT2D eigenvalue weighted by Crippen LogP contribution is -2.33. The van der Waals surface area contributed by atoms with E-state index < -0.39 is 5.60 Å². The van der Waals surface area contributed by atoms with E-state index >= 15 is 0 Å². The van der Waals surface area contributed by atoms with Gasteiger partial charge in [0.05, 0.1) is 12.7 Å². The molecule has 1 aliphatic rings. The molecule has 2 rings (SSSR count). The molecule has 70 valence electrons. The Kier molecular flexibility index (Phi) is 2.01. The summed E-state index contributed by atoms with van der Waals surface area (Å²) in [5, 5.41) is 10.2. The molecule has 2 atom stereocenters. The molecule has 2 heterocycles. The van der Waals surface area contributed by atoms with Crippen LogP contribution in [0.1, 0.15) is 18.9 Å². The van der Waals surface area contributed by atoms with E-state index in [2.05, 4.69) is 9.97 Å². The first-order chi connectivity index (χ1) is 6.23. The second-order valence-corrected chi connectivity index (χ2v) is 3.31. The highest BCUT2D eigenvalue weighted by molar-refractivity contribution is 5.17. The van der Waals surface area contributed by atoms with E-state index in [9.17, 15) is 5.11 Å². The van der Waals surface area contributed by atoms with Gasteiger partial charge in [0.2, 0.25) is 0 Å². The highest BCUT2D eigenvalue weighted by atomic mass is 16.5. The molecule has 0 bridgehead atoms. The van der Waals surface area contributed by atoms with Crippen LogP contribution in [0.4, 0.5) is 0 Å². The number of hydrogen-bond acceptors (Lipinski definition) is 4. The van der Waals surface area contributed by atoms with E-state index in [0.29, 0.717) is 13.0 Å². The first-order valence-corrected chi connectivity index (χ1v) is 4.33. The van der Waals surface area contributed by atoms with Gasteiger partial charge in [-0.15, -0.1) is 0 Å². The van der Waals surface area contributed by atoms with Gasteiger partial charge in [-0.05, 0) is 6.92 Å². The van der Waals surface area contributed by atoms with E-state index in [1.54, 1.807) is 12.4 Å². The summed E-state index contributed by atoms with van der Waals surface area (Å²) in [6.07, 6.45) is 5.16. The SMILES string of the molecule is CC1OCCC1(O)c1cncnc1. The van der Waals surface area contributed by atoms with Crippen LogP contribution in [0.2, 0.25) is 0 Å². The predicted molar refractivity (Wildman–Crippen MR) is 46.0 cm³/mol. The van der Waals surface area contributed by atoms with E-state index in [0.717, 1.165) is 5.56 Å². The fraction of sp³-hybridized carbons (Fsp3) is 0.556. The summed E-state index contributed by atoms with van der Waals surface area (Å²) in [4.78, 5) is 7.76. The molecule has 1 aromatic rings. The Morgan fingerprint density at radius 3 is 2.77 bits per heavy atom. The summed E-state index contributed by atoms with van der Waals surface area (Å²) >= 11 is 0. The van der Waals surface area contributed by atoms with Gasteiger partial charge >= 0.3 is 0 Å². The molecule has 0 spiro atoms. The first kappa shape index (κ1) is 8.59. The molecule has 0 aromatic carbocycles. The molecule has 4 heteroatoms. The Hall–Kier alpha value is -1.00. The van der Waals surface area contributed by atoms with Crippen molar-refractivity contribution in [3.8, 4) is 0 Å². The minimum absolute atomic E-state index is 0.182. The lowest BCUT2D eigenvalue weighted by atomic mass is 9.90. The summed E-state index contributed by atoms with van der Waals surface area (Å²) in [5.41, 5.74) is -0.165. The van der Waals surface area contributed by atoms with E-state index in [-0.39, 0.29) is 6.10 Å². The van der Waals surface area contributed by atoms with Crippen molar-refractivity contribution < 1.29 is 9.84 Å². The first-order valence-electron chi connectivity index (χ1n) is 4.33. The average Bonchev–Trinajstić information content (AvgIpc) is 2.50. The Morgan fingerprint density at radius 1 is 1.54 bits per heavy atom. The molecule has 1 fully saturated rings. The van der Waals surface area contributed by atoms with Crippen molar-refractivity contribution in [1.29, 1.82) is 0 Å². The Balaban J connectivity index is 2.34. The minimum Gasteiger partial charge on any atom is -0.382 e. The Morgan fingerprint density at radius 2 is 2.23 bits per heavy atom. The fourth-order valence-corrected chi connectivity index (χ4v) is 1.63. The van der Waals surface area contributed by atoms with Crippen molar-refractivity contribution >= 4 is 0 Å². The lowest BCUT2D eigenvalue weighted by Gasteiger charge is -2.25. The van der Waals surface area contributed by atoms with Gasteiger partial charge < -0.3 is 9.84 Å². The van der Waals surface area contributed by atoms with Crippen LogP contribution in [-0.2, 0) is 10.3 Å². The number of aromatic nitrogens is 2. The minimum atomic E-state index is -0.902. The van der Waals surface area contributed by atoms with Gasteiger partial charge in [-0.3, -0.25) is 0 Å². The summed E-state index contributed by atoms with van der Waals surface area (Å²) in [6, 6.07) is 0. The average molecular weight is 180 g/mol. The summed E-state index contributed by atoms with van der Waals surface area (Å²) in [6.45, 7) is 2.45. The van der Waals surface area contributed by atoms with Crippen LogP contribution in [-0.4, -0.2) is 27.8 Å². The standard InChI is InChI=1S/C9H12N2O2/c1-7-9(12,2-3-13-7)8-4-10-6-11-5-8/h4-7,12H,2-3H2,1H3. The maximum atomic E-state index is 10.2. The van der Waals surface area contributed by atoms with Crippen LogP contribution >= 0.6 is 0 Å². The van der Waals surface area contributed by atoms with Crippen molar-refractivity contribution in [3.63, 3.8) is 0 Å². The largest absolute Gasteiger partial charge is 0.382 e. The monoisotopic (exact) mass is 180 g/mol. The zero-order valence-electron chi connectivity index (χ0n) is 7.47. The smallest absolute Gasteiger partial charge is 0.121 e. The molecule has 1 aliphatic heterocycles. The molecular formula is C9H12N2O2. The van der Waals surface area contributed by atoms with Gasteiger partial charge in [0, 0.05) is 24.4 Å². The molecule has 0 amide bonds. The van der Waals surface area contributed by atoms with Crippen molar-refractivity contribution in [2.24, 2.45) is 0 Å². The number of hydrogen-bond donors (Lipinski definition) is 1. The highest BCUT2D eigenvalue weighted by Gasteiger charge is 2.41. The third-order valence-corrected chi connectivity index (χ3v) is 2.58. The molecule has 0 aliphatic carbocycles. The normalized spacial score (nSPS) is 33.5. The molecule has 13 heavy (non-hydrogen) atoms. The maximum Gasteiger partial charge on any atom is 0.121 e. The Bertz CT molecular complexity index is 291. The van der Waals surface area contributed by atoms with Crippen molar-refractivity contribution in [2.45, 2.75) is 25.0 Å². The molecule has 1 saturated heterocycles. The van der Waals surface area contributed by atoms with Crippen LogP contribution in [0.3, 0.4) is 0 Å². The van der Waals surface area contributed by atoms with Gasteiger partial charge in [0.1, 0.15) is 11.9 Å². The molecule has 0 radical (unpaired) electrons. The van der Waals surface area contributed by atoms with Crippen molar-refractivity contribution in [1.82, 2.24) is 9.97 Å². The third-order valence-electron chi connectivity index (χ3n) is 2.58. The highest BCUT2D eigenvalue weighted by Crippen LogP contribution is 2.34. The van der Waals surface area contributed by atoms with Crippen molar-refractivity contribution in [3.05, 3.63) is 24.3 Å². The molecular weight excluding hydrogens is 168 g/mol. The van der Waals surface area contributed by atoms with Gasteiger partial charge in [0.25, 0.3) is 0 Å². The van der Waals surface area contributed by atoms with Gasteiger partial charge in [-0.2, -0.15) is 0 Å². The third kappa shape index (κ3) is 1.32. The second-order valence-electron chi connectivity index (χ2n) is 3.31. The van der Waals surface area contributed by atoms with Crippen LogP contribution in [0.15, 0.2) is 18.7 Å². The fourth-order valence-electron chi connectivity index (χ4n) is 1.63. The molecule has 0 saturated carbocycles. The van der Waals surface area contributed by atoms with Crippen molar-refractivity contribution in [2.75, 3.05) is 6.61 Å². The van der Waals surface area contributed by atoms with Crippen LogP contribution in [0.25, 0.3) is 0 Å². The van der Waals surface area contributed by atoms with Gasteiger partial charge in [-0.1, -0.05) is 0 Å². The summed E-state index contributed by atoms with van der Waals surface area (Å²) < 4.78 is 5.32. The van der Waals surface area contributed by atoms with Crippen LogP contribution in [0.5, 0.6) is 0 Å². The number of rotatable bonds is 1. The Labute approximate surface area is 76.6 Å². The lowest BCUT2D eigenvalue weighted by molar-refractivity contribution is -0.0321. The van der Waals surface area contributed by atoms with Crippen LogP contribution < -0.4 is 0 Å². The zero-order valence-corrected chi connectivity index (χ0v) is 7.47. The second kappa shape index (κ2) is 3.05. The van der Waals surface area contributed by atoms with E-state index in [1.165, 1.54) is 6.33 Å². The van der Waals surface area contributed by atoms with Crippen LogP contribution in [0, 0.1) is 0 Å². The molecule has 1 N–H and O–H groups in total. The van der Waals surface area contributed by atoms with E-state index in [1.807, 2.05) is 6.92 Å². The predicted octanol–water partition coefficient (Wildman–Crippen LogP) is 0.473. The number of nitrogens with zero attached hydrogens (tertiary/aromatic N) is 2. The van der Waals surface area contributed by atoms with Gasteiger partial charge in [-0.25, -0.2) is 9.97 Å². The summed E-state index contributed by atoms with van der Waals surface area (Å²) in [7, 11) is 0. The number of ether oxygens (including phenoxy) is 1. The maximum absolute atomic E-state index is 10.2. The molecule has 2 unspecified atom stereocenters. The van der Waals surface area contributed by atoms with E-state index in [4.69, 9.17) is 4.74 Å². The zero-order chi connectivity index (χ0) is 9.31. The molecule has 4 nitrogen and oxygen atoms in total. The number of aliphatic hydroxyl groups is 1. The topological polar surface area (TPSA) is 55.2 Å². The summed E-state index contributed by atoms with van der Waals surface area (Å²) in [5.74, 6) is 0. The quantitative estimate of drug-likeness (QED) is 0.682. The van der Waals surface area contributed by atoms with Gasteiger partial charge in [0.15, 0.2) is 0 Å². The molecule has 1 aromatic heterocycles.